The summed E-state index contributed by atoms with van der Waals surface area (Å²) in [7, 11) is 0. The van der Waals surface area contributed by atoms with E-state index < -0.39 is 5.60 Å². The minimum Gasteiger partial charge on any atom is -0.444 e. The van der Waals surface area contributed by atoms with E-state index in [9.17, 15) is 9.90 Å². The van der Waals surface area contributed by atoms with E-state index in [1.54, 1.807) is 0 Å². The molecule has 140 valence electrons. The second-order valence-electron chi connectivity index (χ2n) is 7.77. The molecule has 5 nitrogen and oxygen atoms in total. The van der Waals surface area contributed by atoms with Gasteiger partial charge in [0.05, 0.1) is 6.61 Å². The fourth-order valence-electron chi connectivity index (χ4n) is 3.27. The molecule has 1 aromatic carbocycles. The van der Waals surface area contributed by atoms with Gasteiger partial charge >= 0.3 is 6.09 Å². The fourth-order valence-corrected chi connectivity index (χ4v) is 3.27. The maximum absolute atomic E-state index is 12.6. The van der Waals surface area contributed by atoms with Crippen LogP contribution in [0.25, 0.3) is 0 Å². The smallest absolute Gasteiger partial charge is 0.410 e. The number of ether oxygens (including phenoxy) is 1. The standard InChI is InChI=1S/C20H32N2O3/c1-20(2,3)25-19(24)22-12-8-7-11-18(22)16-21(13-14-23)15-17-9-5-4-6-10-17/h4-6,9-10,18,23H,7-8,11-16H2,1-3H3. The molecule has 2 rings (SSSR count). The van der Waals surface area contributed by atoms with Gasteiger partial charge in [-0.2, -0.15) is 0 Å². The van der Waals surface area contributed by atoms with Crippen LogP contribution < -0.4 is 0 Å². The average molecular weight is 348 g/mol. The van der Waals surface area contributed by atoms with Crippen LogP contribution >= 0.6 is 0 Å². The van der Waals surface area contributed by atoms with Crippen LogP contribution in [-0.4, -0.2) is 58.9 Å². The van der Waals surface area contributed by atoms with E-state index in [1.165, 1.54) is 5.56 Å². The molecular weight excluding hydrogens is 316 g/mol. The topological polar surface area (TPSA) is 53.0 Å². The largest absolute Gasteiger partial charge is 0.444 e. The summed E-state index contributed by atoms with van der Waals surface area (Å²) in [6.45, 7) is 8.71. The number of carbonyl (C=O) groups is 1. The van der Waals surface area contributed by atoms with Gasteiger partial charge in [-0.1, -0.05) is 30.3 Å². The number of likely N-dealkylation sites (tertiary alicyclic amines) is 1. The zero-order valence-electron chi connectivity index (χ0n) is 15.8. The number of aliphatic hydroxyl groups is 1. The van der Waals surface area contributed by atoms with Crippen molar-refractivity contribution < 1.29 is 14.6 Å². The Bertz CT molecular complexity index is 527. The zero-order valence-corrected chi connectivity index (χ0v) is 15.8. The molecule has 1 N–H and O–H groups in total. The Balaban J connectivity index is 2.02. The Morgan fingerprint density at radius 2 is 2.00 bits per heavy atom. The van der Waals surface area contributed by atoms with Crippen LogP contribution in [0.1, 0.15) is 45.6 Å². The maximum atomic E-state index is 12.6. The number of nitrogens with zero attached hydrogens (tertiary/aromatic N) is 2. The molecule has 1 aromatic rings. The number of carbonyl (C=O) groups excluding carboxylic acids is 1. The monoisotopic (exact) mass is 348 g/mol. The predicted octanol–water partition coefficient (Wildman–Crippen LogP) is 3.27. The molecule has 0 aromatic heterocycles. The van der Waals surface area contributed by atoms with Crippen molar-refractivity contribution in [2.24, 2.45) is 0 Å². The summed E-state index contributed by atoms with van der Waals surface area (Å²) in [4.78, 5) is 16.7. The highest BCUT2D eigenvalue weighted by molar-refractivity contribution is 5.68. The van der Waals surface area contributed by atoms with Crippen LogP contribution in [0.15, 0.2) is 30.3 Å². The quantitative estimate of drug-likeness (QED) is 0.857. The minimum atomic E-state index is -0.478. The highest BCUT2D eigenvalue weighted by atomic mass is 16.6. The fraction of sp³-hybridized carbons (Fsp3) is 0.650. The summed E-state index contributed by atoms with van der Waals surface area (Å²) >= 11 is 0. The number of piperidine rings is 1. The molecule has 1 aliphatic heterocycles. The van der Waals surface area contributed by atoms with Crippen LogP contribution in [0.5, 0.6) is 0 Å². The number of hydrogen-bond donors (Lipinski definition) is 1. The summed E-state index contributed by atoms with van der Waals surface area (Å²) in [6.07, 6.45) is 2.91. The van der Waals surface area contributed by atoms with Crippen molar-refractivity contribution in [3.05, 3.63) is 35.9 Å². The van der Waals surface area contributed by atoms with E-state index in [2.05, 4.69) is 17.0 Å². The van der Waals surface area contributed by atoms with E-state index in [0.29, 0.717) is 6.54 Å². The molecule has 5 heteroatoms. The molecule has 0 spiro atoms. The third kappa shape index (κ3) is 6.67. The molecule has 0 saturated carbocycles. The molecule has 25 heavy (non-hydrogen) atoms. The van der Waals surface area contributed by atoms with Gasteiger partial charge in [-0.25, -0.2) is 4.79 Å². The lowest BCUT2D eigenvalue weighted by Gasteiger charge is -2.39. The van der Waals surface area contributed by atoms with Crippen LogP contribution in [-0.2, 0) is 11.3 Å². The first kappa shape index (κ1) is 19.7. The second kappa shape index (κ2) is 9.20. The van der Waals surface area contributed by atoms with E-state index in [-0.39, 0.29) is 18.7 Å². The van der Waals surface area contributed by atoms with E-state index in [4.69, 9.17) is 4.74 Å². The van der Waals surface area contributed by atoms with Gasteiger partial charge in [0.2, 0.25) is 0 Å². The summed E-state index contributed by atoms with van der Waals surface area (Å²) in [5.41, 5.74) is 0.740. The number of amides is 1. The number of aliphatic hydroxyl groups excluding tert-OH is 1. The Kier molecular flexibility index (Phi) is 7.26. The van der Waals surface area contributed by atoms with Gasteiger partial charge in [0.25, 0.3) is 0 Å². The molecule has 0 bridgehead atoms. The van der Waals surface area contributed by atoms with Gasteiger partial charge in [0.15, 0.2) is 0 Å². The summed E-state index contributed by atoms with van der Waals surface area (Å²) < 4.78 is 5.59. The van der Waals surface area contributed by atoms with Gasteiger partial charge in [0, 0.05) is 32.2 Å². The Morgan fingerprint density at radius 3 is 2.64 bits per heavy atom. The van der Waals surface area contributed by atoms with Crippen molar-refractivity contribution in [2.45, 2.75) is 58.2 Å². The van der Waals surface area contributed by atoms with Crippen LogP contribution in [0.4, 0.5) is 4.79 Å². The third-order valence-corrected chi connectivity index (χ3v) is 4.39. The molecule has 1 atom stereocenters. The van der Waals surface area contributed by atoms with Gasteiger partial charge < -0.3 is 14.7 Å². The molecule has 0 radical (unpaired) electrons. The molecular formula is C20H32N2O3. The number of rotatable bonds is 6. The van der Waals surface area contributed by atoms with Crippen molar-refractivity contribution in [1.82, 2.24) is 9.80 Å². The van der Waals surface area contributed by atoms with Crippen molar-refractivity contribution in [3.8, 4) is 0 Å². The van der Waals surface area contributed by atoms with E-state index >= 15 is 0 Å². The Hall–Kier alpha value is -1.59. The molecule has 1 aliphatic rings. The Labute approximate surface area is 151 Å². The van der Waals surface area contributed by atoms with Gasteiger partial charge in [0.1, 0.15) is 5.60 Å². The summed E-state index contributed by atoms with van der Waals surface area (Å²) in [5, 5.41) is 9.43. The van der Waals surface area contributed by atoms with E-state index in [1.807, 2.05) is 43.9 Å². The number of hydrogen-bond acceptors (Lipinski definition) is 4. The predicted molar refractivity (Wildman–Crippen MR) is 99.4 cm³/mol. The SMILES string of the molecule is CC(C)(C)OC(=O)N1CCCCC1CN(CCO)Cc1ccccc1. The molecule has 1 heterocycles. The van der Waals surface area contributed by atoms with Crippen LogP contribution in [0.3, 0.4) is 0 Å². The minimum absolute atomic E-state index is 0.117. The number of benzene rings is 1. The van der Waals surface area contributed by atoms with Gasteiger partial charge in [-0.3, -0.25) is 4.90 Å². The maximum Gasteiger partial charge on any atom is 0.410 e. The van der Waals surface area contributed by atoms with Crippen molar-refractivity contribution in [1.29, 1.82) is 0 Å². The molecule has 1 fully saturated rings. The first-order valence-corrected chi connectivity index (χ1v) is 9.26. The third-order valence-electron chi connectivity index (χ3n) is 4.39. The molecule has 0 aliphatic carbocycles. The summed E-state index contributed by atoms with van der Waals surface area (Å²) in [5.74, 6) is 0. The van der Waals surface area contributed by atoms with Crippen LogP contribution in [0.2, 0.25) is 0 Å². The van der Waals surface area contributed by atoms with Gasteiger partial charge in [-0.15, -0.1) is 0 Å². The molecule has 1 saturated heterocycles. The normalized spacial score (nSPS) is 18.4. The first-order valence-electron chi connectivity index (χ1n) is 9.26. The van der Waals surface area contributed by atoms with Crippen LogP contribution in [0, 0.1) is 0 Å². The first-order chi connectivity index (χ1) is 11.9. The van der Waals surface area contributed by atoms with Crippen molar-refractivity contribution >= 4 is 6.09 Å². The van der Waals surface area contributed by atoms with Crippen molar-refractivity contribution in [2.75, 3.05) is 26.2 Å². The lowest BCUT2D eigenvalue weighted by Crippen LogP contribution is -2.51. The summed E-state index contributed by atoms with van der Waals surface area (Å²) in [6, 6.07) is 10.4. The lowest BCUT2D eigenvalue weighted by atomic mass is 10.0. The molecule has 1 amide bonds. The van der Waals surface area contributed by atoms with Gasteiger partial charge in [-0.05, 0) is 45.6 Å². The average Bonchev–Trinajstić information content (AvgIpc) is 2.55. The Morgan fingerprint density at radius 1 is 1.28 bits per heavy atom. The second-order valence-corrected chi connectivity index (χ2v) is 7.77. The lowest BCUT2D eigenvalue weighted by molar-refractivity contribution is 0.00404. The highest BCUT2D eigenvalue weighted by Gasteiger charge is 2.31. The van der Waals surface area contributed by atoms with E-state index in [0.717, 1.165) is 38.9 Å². The van der Waals surface area contributed by atoms with Crippen molar-refractivity contribution in [3.63, 3.8) is 0 Å². The highest BCUT2D eigenvalue weighted by Crippen LogP contribution is 2.22. The zero-order chi connectivity index (χ0) is 18.3. The molecule has 1 unspecified atom stereocenters.